The van der Waals surface area contributed by atoms with Crippen molar-refractivity contribution >= 4 is 35.5 Å². The number of hydrogen-bond donors (Lipinski definition) is 2. The van der Waals surface area contributed by atoms with Crippen LogP contribution in [0.3, 0.4) is 0 Å². The highest BCUT2D eigenvalue weighted by Crippen LogP contribution is 2.65. The normalized spacial score (nSPS) is 44.5. The van der Waals surface area contributed by atoms with Gasteiger partial charge in [0.25, 0.3) is 0 Å². The second kappa shape index (κ2) is 3.06. The van der Waals surface area contributed by atoms with E-state index in [0.717, 1.165) is 0 Å². The van der Waals surface area contributed by atoms with Gasteiger partial charge < -0.3 is 10.2 Å². The van der Waals surface area contributed by atoms with E-state index in [2.05, 4.69) is 0 Å². The van der Waals surface area contributed by atoms with Crippen molar-refractivity contribution in [3.63, 3.8) is 0 Å². The van der Waals surface area contributed by atoms with Gasteiger partial charge in [-0.15, -0.1) is 11.8 Å². The van der Waals surface area contributed by atoms with Crippen molar-refractivity contribution in [3.05, 3.63) is 0 Å². The molecule has 4 unspecified atom stereocenters. The number of carboxylic acids is 2. The third-order valence-electron chi connectivity index (χ3n) is 2.99. The van der Waals surface area contributed by atoms with Gasteiger partial charge >= 0.3 is 11.9 Å². The van der Waals surface area contributed by atoms with Crippen LogP contribution in [0.1, 0.15) is 0 Å². The second-order valence-corrected chi connectivity index (χ2v) is 5.87. The van der Waals surface area contributed by atoms with E-state index in [1.807, 2.05) is 0 Å². The Kier molecular flexibility index (Phi) is 2.23. The number of rotatable bonds is 3. The lowest BCUT2D eigenvalue weighted by atomic mass is 10.0. The zero-order valence-electron chi connectivity index (χ0n) is 7.47. The van der Waals surface area contributed by atoms with Crippen LogP contribution < -0.4 is 0 Å². The first-order chi connectivity index (χ1) is 6.54. The Hall–Kier alpha value is -0.360. The van der Waals surface area contributed by atoms with Gasteiger partial charge in [-0.05, 0) is 6.26 Å². The number of thioether (sulfide) groups is 2. The molecule has 2 aliphatic rings. The van der Waals surface area contributed by atoms with Gasteiger partial charge in [-0.1, -0.05) is 0 Å². The van der Waals surface area contributed by atoms with Crippen molar-refractivity contribution in [3.8, 4) is 0 Å². The highest BCUT2D eigenvalue weighted by atomic mass is 32.2. The Morgan fingerprint density at radius 1 is 1.50 bits per heavy atom. The molecule has 1 heterocycles. The molecule has 14 heavy (non-hydrogen) atoms. The lowest BCUT2D eigenvalue weighted by molar-refractivity contribution is -0.141. The van der Waals surface area contributed by atoms with Crippen LogP contribution in [0, 0.1) is 11.8 Å². The standard InChI is InChI=1S/C8H10O4S2/c1-13-8(7(11)12)2-14-5-3(4(5)8)6(9)10/h3-5H,2H2,1H3,(H,9,10)(H,11,12). The van der Waals surface area contributed by atoms with Gasteiger partial charge in [0.2, 0.25) is 0 Å². The number of hydrogen-bond acceptors (Lipinski definition) is 4. The van der Waals surface area contributed by atoms with Crippen LogP contribution in [0.2, 0.25) is 0 Å². The molecule has 1 aliphatic carbocycles. The van der Waals surface area contributed by atoms with E-state index in [1.54, 1.807) is 6.26 Å². The number of carboxylic acid groups (broad SMARTS) is 2. The topological polar surface area (TPSA) is 74.6 Å². The molecule has 4 atom stereocenters. The maximum absolute atomic E-state index is 11.1. The molecular weight excluding hydrogens is 224 g/mol. The average molecular weight is 234 g/mol. The Morgan fingerprint density at radius 3 is 2.50 bits per heavy atom. The molecule has 0 aromatic rings. The molecule has 78 valence electrons. The summed E-state index contributed by atoms with van der Waals surface area (Å²) in [7, 11) is 0. The predicted octanol–water partition coefficient (Wildman–Crippen LogP) is 0.619. The quantitative estimate of drug-likeness (QED) is 0.745. The van der Waals surface area contributed by atoms with Gasteiger partial charge in [0.15, 0.2) is 0 Å². The number of aliphatic carboxylic acids is 2. The smallest absolute Gasteiger partial charge is 0.320 e. The van der Waals surface area contributed by atoms with E-state index in [1.165, 1.54) is 23.5 Å². The Morgan fingerprint density at radius 2 is 2.14 bits per heavy atom. The number of fused-ring (bicyclic) bond motifs is 1. The molecule has 1 saturated heterocycles. The summed E-state index contributed by atoms with van der Waals surface area (Å²) in [6, 6.07) is 0. The van der Waals surface area contributed by atoms with Crippen LogP contribution in [-0.2, 0) is 9.59 Å². The first-order valence-corrected chi connectivity index (χ1v) is 6.45. The zero-order valence-corrected chi connectivity index (χ0v) is 9.10. The molecule has 1 aliphatic heterocycles. The zero-order chi connectivity index (χ0) is 10.5. The SMILES string of the molecule is CSC1(C(=O)O)CSC2C(C(=O)O)C21. The molecule has 2 rings (SSSR count). The van der Waals surface area contributed by atoms with E-state index in [4.69, 9.17) is 10.2 Å². The van der Waals surface area contributed by atoms with E-state index in [-0.39, 0.29) is 11.2 Å². The van der Waals surface area contributed by atoms with Gasteiger partial charge in [-0.3, -0.25) is 9.59 Å². The lowest BCUT2D eigenvalue weighted by Gasteiger charge is -2.23. The fourth-order valence-corrected chi connectivity index (χ4v) is 5.41. The minimum atomic E-state index is -0.867. The van der Waals surface area contributed by atoms with Crippen molar-refractivity contribution in [1.29, 1.82) is 0 Å². The highest BCUT2D eigenvalue weighted by molar-refractivity contribution is 8.05. The number of carbonyl (C=O) groups is 2. The predicted molar refractivity (Wildman–Crippen MR) is 54.7 cm³/mol. The summed E-state index contributed by atoms with van der Waals surface area (Å²) < 4.78 is -0.863. The first kappa shape index (κ1) is 10.2. The third kappa shape index (κ3) is 1.10. The van der Waals surface area contributed by atoms with Crippen molar-refractivity contribution < 1.29 is 19.8 Å². The summed E-state index contributed by atoms with van der Waals surface area (Å²) in [5.74, 6) is -1.82. The van der Waals surface area contributed by atoms with Gasteiger partial charge in [0, 0.05) is 16.9 Å². The van der Waals surface area contributed by atoms with Gasteiger partial charge in [0.05, 0.1) is 5.92 Å². The van der Waals surface area contributed by atoms with Crippen molar-refractivity contribution in [2.24, 2.45) is 11.8 Å². The van der Waals surface area contributed by atoms with Crippen LogP contribution in [0.4, 0.5) is 0 Å². The summed E-state index contributed by atoms with van der Waals surface area (Å²) in [5.41, 5.74) is 0. The third-order valence-corrected chi connectivity index (χ3v) is 6.09. The van der Waals surface area contributed by atoms with Crippen molar-refractivity contribution in [1.82, 2.24) is 0 Å². The molecule has 0 spiro atoms. The molecule has 0 aromatic carbocycles. The van der Waals surface area contributed by atoms with Crippen LogP contribution in [0.5, 0.6) is 0 Å². The lowest BCUT2D eigenvalue weighted by Crippen LogP contribution is -2.39. The summed E-state index contributed by atoms with van der Waals surface area (Å²) in [5, 5.41) is 18.0. The van der Waals surface area contributed by atoms with Crippen molar-refractivity contribution in [2.75, 3.05) is 12.0 Å². The fourth-order valence-electron chi connectivity index (χ4n) is 2.14. The summed E-state index contributed by atoms with van der Waals surface area (Å²) in [6.07, 6.45) is 1.74. The van der Waals surface area contributed by atoms with E-state index < -0.39 is 22.6 Å². The molecule has 6 heteroatoms. The maximum atomic E-state index is 11.1. The average Bonchev–Trinajstić information content (AvgIpc) is 2.72. The molecule has 0 bridgehead atoms. The largest absolute Gasteiger partial charge is 0.481 e. The Labute approximate surface area is 89.4 Å². The second-order valence-electron chi connectivity index (χ2n) is 3.56. The van der Waals surface area contributed by atoms with E-state index in [0.29, 0.717) is 5.75 Å². The molecule has 2 fully saturated rings. The molecule has 0 radical (unpaired) electrons. The van der Waals surface area contributed by atoms with E-state index in [9.17, 15) is 9.59 Å². The summed E-state index contributed by atoms with van der Waals surface area (Å²) in [4.78, 5) is 21.9. The van der Waals surface area contributed by atoms with Crippen LogP contribution in [0.15, 0.2) is 0 Å². The van der Waals surface area contributed by atoms with E-state index >= 15 is 0 Å². The van der Waals surface area contributed by atoms with Gasteiger partial charge in [-0.2, -0.15) is 11.8 Å². The maximum Gasteiger partial charge on any atom is 0.320 e. The summed E-state index contributed by atoms with van der Waals surface area (Å²) >= 11 is 2.76. The Balaban J connectivity index is 2.23. The molecule has 0 amide bonds. The highest BCUT2D eigenvalue weighted by Gasteiger charge is 2.72. The van der Waals surface area contributed by atoms with Crippen molar-refractivity contribution in [2.45, 2.75) is 10.00 Å². The first-order valence-electron chi connectivity index (χ1n) is 4.17. The monoisotopic (exact) mass is 234 g/mol. The van der Waals surface area contributed by atoms with Crippen LogP contribution >= 0.6 is 23.5 Å². The van der Waals surface area contributed by atoms with Gasteiger partial charge in [0.1, 0.15) is 4.75 Å². The van der Waals surface area contributed by atoms with Gasteiger partial charge in [-0.25, -0.2) is 0 Å². The fraction of sp³-hybridized carbons (Fsp3) is 0.750. The molecular formula is C8H10O4S2. The molecule has 0 aromatic heterocycles. The minimum absolute atomic E-state index is 0.0241. The molecule has 4 nitrogen and oxygen atoms in total. The minimum Gasteiger partial charge on any atom is -0.481 e. The molecule has 2 N–H and O–H groups in total. The molecule has 1 saturated carbocycles. The summed E-state index contributed by atoms with van der Waals surface area (Å²) in [6.45, 7) is 0. The van der Waals surface area contributed by atoms with Crippen LogP contribution in [0.25, 0.3) is 0 Å². The Bertz CT molecular complexity index is 306. The van der Waals surface area contributed by atoms with Crippen LogP contribution in [-0.4, -0.2) is 44.2 Å².